The Kier molecular flexibility index (Phi) is 9.89. The molecule has 1 saturated heterocycles. The van der Waals surface area contributed by atoms with E-state index < -0.39 is 0 Å². The molecule has 0 spiro atoms. The first-order valence-corrected chi connectivity index (χ1v) is 12.1. The first-order chi connectivity index (χ1) is 16.9. The smallest absolute Gasteiger partial charge is 0.187 e. The van der Waals surface area contributed by atoms with E-state index in [1.165, 1.54) is 6.21 Å². The van der Waals surface area contributed by atoms with E-state index >= 15 is 0 Å². The number of hydrogen-bond acceptors (Lipinski definition) is 7. The average molecular weight is 511 g/mol. The average Bonchev–Trinajstić information content (AvgIpc) is 2.89. The minimum atomic E-state index is -0.292. The lowest BCUT2D eigenvalue weighted by Crippen LogP contribution is -2.35. The van der Waals surface area contributed by atoms with Crippen molar-refractivity contribution < 1.29 is 14.6 Å². The molecule has 2 aromatic carbocycles. The fourth-order valence-electron chi connectivity index (χ4n) is 3.47. The minimum absolute atomic E-state index is 0.00486. The maximum atomic E-state index is 13.3. The summed E-state index contributed by atoms with van der Waals surface area (Å²) in [5, 5.41) is 17.3. The molecule has 1 heterocycles. The van der Waals surface area contributed by atoms with Crippen LogP contribution in [0.25, 0.3) is 0 Å². The van der Waals surface area contributed by atoms with E-state index in [1.807, 2.05) is 65.7 Å². The molecule has 0 saturated carbocycles. The Morgan fingerprint density at radius 1 is 0.943 bits per heavy atom. The number of carbonyl (C=O) groups excluding carboxylic acids is 1. The fourth-order valence-corrected chi connectivity index (χ4v) is 3.87. The lowest BCUT2D eigenvalue weighted by molar-refractivity contribution is -0.115. The standard InChI is InChI=1S/C26H30N4O3S2/c1-28(25(34)20-9-5-3-6-10-20)18-23(31)22(17-27-30-13-15-33-16-14-30)24(32)19-29(2)26(35)21-11-7-4-8-12-21/h3-12,17,31H,13-16,18-19H2,1-2H3/b23-22-,27-17+. The second-order valence-corrected chi connectivity index (χ2v) is 8.92. The molecule has 0 aliphatic carbocycles. The van der Waals surface area contributed by atoms with Gasteiger partial charge in [0.15, 0.2) is 5.78 Å². The Bertz CT molecular complexity index is 1080. The number of likely N-dealkylation sites (N-methyl/N-ethyl adjacent to an activating group) is 2. The molecule has 7 nitrogen and oxygen atoms in total. The zero-order chi connectivity index (χ0) is 25.2. The van der Waals surface area contributed by atoms with Crippen molar-refractivity contribution in [3.8, 4) is 0 Å². The molecule has 184 valence electrons. The summed E-state index contributed by atoms with van der Waals surface area (Å²) >= 11 is 11.1. The molecule has 1 aliphatic rings. The van der Waals surface area contributed by atoms with E-state index in [2.05, 4.69) is 5.10 Å². The van der Waals surface area contributed by atoms with Gasteiger partial charge in [-0.3, -0.25) is 9.80 Å². The van der Waals surface area contributed by atoms with Gasteiger partial charge in [-0.15, -0.1) is 0 Å². The van der Waals surface area contributed by atoms with Crippen molar-refractivity contribution >= 4 is 46.4 Å². The maximum Gasteiger partial charge on any atom is 0.187 e. The molecule has 0 atom stereocenters. The van der Waals surface area contributed by atoms with Crippen LogP contribution in [0.1, 0.15) is 11.1 Å². The Balaban J connectivity index is 1.79. The van der Waals surface area contributed by atoms with E-state index in [0.717, 1.165) is 11.1 Å². The molecule has 35 heavy (non-hydrogen) atoms. The van der Waals surface area contributed by atoms with Crippen LogP contribution in [-0.4, -0.2) is 95.4 Å². The monoisotopic (exact) mass is 510 g/mol. The number of ether oxygens (including phenoxy) is 1. The predicted molar refractivity (Wildman–Crippen MR) is 147 cm³/mol. The second-order valence-electron chi connectivity index (χ2n) is 8.15. The molecule has 9 heteroatoms. The van der Waals surface area contributed by atoms with Gasteiger partial charge in [0.2, 0.25) is 0 Å². The molecule has 3 rings (SSSR count). The van der Waals surface area contributed by atoms with Crippen molar-refractivity contribution in [3.63, 3.8) is 0 Å². The quantitative estimate of drug-likeness (QED) is 0.239. The van der Waals surface area contributed by atoms with Crippen LogP contribution in [0.5, 0.6) is 0 Å². The summed E-state index contributed by atoms with van der Waals surface area (Å²) in [6.45, 7) is 2.44. The summed E-state index contributed by atoms with van der Waals surface area (Å²) in [6.07, 6.45) is 1.43. The molecule has 1 N–H and O–H groups in total. The van der Waals surface area contributed by atoms with Gasteiger partial charge < -0.3 is 19.6 Å². The topological polar surface area (TPSA) is 68.6 Å². The third-order valence-corrected chi connectivity index (χ3v) is 6.55. The Hall–Kier alpha value is -3.14. The number of benzene rings is 2. The Morgan fingerprint density at radius 2 is 1.43 bits per heavy atom. The zero-order valence-corrected chi connectivity index (χ0v) is 21.6. The number of aliphatic hydroxyl groups is 1. The van der Waals surface area contributed by atoms with Gasteiger partial charge in [-0.25, -0.2) is 0 Å². The number of Topliss-reactive ketones (excluding diaryl/α,β-unsaturated/α-hetero) is 1. The van der Waals surface area contributed by atoms with Crippen molar-refractivity contribution in [1.29, 1.82) is 0 Å². The number of thiocarbonyl (C=S) groups is 2. The summed E-state index contributed by atoms with van der Waals surface area (Å²) in [6, 6.07) is 19.0. The molecule has 2 aromatic rings. The van der Waals surface area contributed by atoms with Crippen molar-refractivity contribution in [2.45, 2.75) is 0 Å². The van der Waals surface area contributed by atoms with Gasteiger partial charge in [-0.05, 0) is 0 Å². The summed E-state index contributed by atoms with van der Waals surface area (Å²) in [5.74, 6) is -0.397. The summed E-state index contributed by atoms with van der Waals surface area (Å²) in [5.41, 5.74) is 1.84. The fraction of sp³-hybridized carbons (Fsp3) is 0.308. The van der Waals surface area contributed by atoms with Gasteiger partial charge in [-0.2, -0.15) is 5.10 Å². The molecule has 0 aromatic heterocycles. The summed E-state index contributed by atoms with van der Waals surface area (Å²) in [7, 11) is 3.54. The molecule has 0 radical (unpaired) electrons. The lowest BCUT2D eigenvalue weighted by atomic mass is 10.1. The van der Waals surface area contributed by atoms with E-state index in [-0.39, 0.29) is 30.2 Å². The van der Waals surface area contributed by atoms with Crippen LogP contribution in [-0.2, 0) is 9.53 Å². The van der Waals surface area contributed by atoms with Crippen LogP contribution in [0, 0.1) is 0 Å². The normalized spacial score (nSPS) is 14.4. The van der Waals surface area contributed by atoms with Crippen LogP contribution in [0.4, 0.5) is 0 Å². The molecular weight excluding hydrogens is 480 g/mol. The van der Waals surface area contributed by atoms with Gasteiger partial charge in [0.1, 0.15) is 15.7 Å². The summed E-state index contributed by atoms with van der Waals surface area (Å²) < 4.78 is 5.36. The number of aliphatic hydroxyl groups excluding tert-OH is 1. The SMILES string of the molecule is CN(CC(=O)C(/C=N/N1CCOCC1)=C(\O)CN(C)C(=S)c1ccccc1)C(=S)c1ccccc1. The largest absolute Gasteiger partial charge is 0.510 e. The lowest BCUT2D eigenvalue weighted by Gasteiger charge is -2.24. The van der Waals surface area contributed by atoms with E-state index in [0.29, 0.717) is 36.3 Å². The number of morpholine rings is 1. The number of hydrogen-bond donors (Lipinski definition) is 1. The van der Waals surface area contributed by atoms with Gasteiger partial charge in [0, 0.05) is 25.2 Å². The maximum absolute atomic E-state index is 13.3. The molecule has 0 bridgehead atoms. The van der Waals surface area contributed by atoms with Crippen LogP contribution in [0.2, 0.25) is 0 Å². The van der Waals surface area contributed by atoms with Crippen molar-refractivity contribution in [2.24, 2.45) is 5.10 Å². The van der Waals surface area contributed by atoms with Gasteiger partial charge in [0.05, 0.1) is 51.2 Å². The predicted octanol–water partition coefficient (Wildman–Crippen LogP) is 3.30. The number of ketones is 1. The van der Waals surface area contributed by atoms with Gasteiger partial charge >= 0.3 is 0 Å². The zero-order valence-electron chi connectivity index (χ0n) is 20.0. The molecule has 0 unspecified atom stereocenters. The van der Waals surface area contributed by atoms with E-state index in [1.54, 1.807) is 23.9 Å². The minimum Gasteiger partial charge on any atom is -0.510 e. The van der Waals surface area contributed by atoms with Crippen molar-refractivity contribution in [1.82, 2.24) is 14.8 Å². The number of rotatable bonds is 9. The van der Waals surface area contributed by atoms with Gasteiger partial charge in [-0.1, -0.05) is 85.1 Å². The molecule has 0 amide bonds. The highest BCUT2D eigenvalue weighted by Crippen LogP contribution is 2.12. The highest BCUT2D eigenvalue weighted by Gasteiger charge is 2.20. The van der Waals surface area contributed by atoms with Crippen LogP contribution >= 0.6 is 24.4 Å². The number of carbonyl (C=O) groups is 1. The van der Waals surface area contributed by atoms with Crippen LogP contribution in [0.3, 0.4) is 0 Å². The summed E-state index contributed by atoms with van der Waals surface area (Å²) in [4.78, 5) is 17.9. The van der Waals surface area contributed by atoms with E-state index in [9.17, 15) is 9.90 Å². The first-order valence-electron chi connectivity index (χ1n) is 11.3. The van der Waals surface area contributed by atoms with Gasteiger partial charge in [0.25, 0.3) is 0 Å². The molecule has 1 fully saturated rings. The van der Waals surface area contributed by atoms with Crippen LogP contribution in [0.15, 0.2) is 77.1 Å². The Labute approximate surface area is 217 Å². The van der Waals surface area contributed by atoms with Crippen molar-refractivity contribution in [2.75, 3.05) is 53.5 Å². The third kappa shape index (κ3) is 7.68. The Morgan fingerprint density at radius 3 is 1.94 bits per heavy atom. The highest BCUT2D eigenvalue weighted by molar-refractivity contribution is 7.80. The molecule has 1 aliphatic heterocycles. The van der Waals surface area contributed by atoms with Crippen molar-refractivity contribution in [3.05, 3.63) is 83.1 Å². The number of nitrogens with zero attached hydrogens (tertiary/aromatic N) is 4. The highest BCUT2D eigenvalue weighted by atomic mass is 32.1. The number of hydrazone groups is 1. The second kappa shape index (κ2) is 13.1. The first kappa shape index (κ1) is 26.5. The van der Waals surface area contributed by atoms with Crippen LogP contribution < -0.4 is 0 Å². The third-order valence-electron chi connectivity index (χ3n) is 5.45. The molecular formula is C26H30N4O3S2. The van der Waals surface area contributed by atoms with E-state index in [4.69, 9.17) is 29.2 Å².